The second kappa shape index (κ2) is 8.31. The van der Waals surface area contributed by atoms with Crippen LogP contribution in [0.3, 0.4) is 0 Å². The van der Waals surface area contributed by atoms with Crippen LogP contribution in [0.15, 0.2) is 70.3 Å². The van der Waals surface area contributed by atoms with E-state index in [0.29, 0.717) is 6.54 Å². The van der Waals surface area contributed by atoms with Crippen LogP contribution in [0.5, 0.6) is 0 Å². The normalized spacial score (nSPS) is 16.7. The summed E-state index contributed by atoms with van der Waals surface area (Å²) in [5.41, 5.74) is 3.96. The van der Waals surface area contributed by atoms with Crippen LogP contribution in [-0.4, -0.2) is 27.6 Å². The molecule has 30 heavy (non-hydrogen) atoms. The van der Waals surface area contributed by atoms with Crippen LogP contribution in [0.4, 0.5) is 5.69 Å². The minimum Gasteiger partial charge on any atom is -0.352 e. The molecule has 0 saturated heterocycles. The summed E-state index contributed by atoms with van der Waals surface area (Å²) in [7, 11) is -1.79. The molecule has 2 N–H and O–H groups in total. The first kappa shape index (κ1) is 21.6. The van der Waals surface area contributed by atoms with E-state index < -0.39 is 10.0 Å². The van der Waals surface area contributed by atoms with Gasteiger partial charge in [0.05, 0.1) is 4.90 Å². The average molecular weight is 427 g/mol. The Morgan fingerprint density at radius 2 is 1.80 bits per heavy atom. The smallest absolute Gasteiger partial charge is 0.276 e. The molecule has 0 radical (unpaired) electrons. The standard InChI is InChI=1S/C22H26N4O3S/c1-16(27)23-15-17-9-11-18(12-10-17)30(28,29)25-24-14-13-21-22(2,3)19-7-5-6-8-20(19)26(21)4/h5-14,25H,15H2,1-4H3,(H,23,27)/b21-13+,24-14-. The molecule has 2 aromatic rings. The molecule has 158 valence electrons. The molecule has 1 aliphatic heterocycles. The summed E-state index contributed by atoms with van der Waals surface area (Å²) < 4.78 is 24.9. The van der Waals surface area contributed by atoms with Crippen LogP contribution in [-0.2, 0) is 26.8 Å². The van der Waals surface area contributed by atoms with E-state index in [9.17, 15) is 13.2 Å². The maximum absolute atomic E-state index is 12.5. The number of hydrogen-bond acceptors (Lipinski definition) is 5. The summed E-state index contributed by atoms with van der Waals surface area (Å²) in [6.07, 6.45) is 3.28. The molecule has 1 heterocycles. The van der Waals surface area contributed by atoms with Crippen molar-refractivity contribution < 1.29 is 13.2 Å². The summed E-state index contributed by atoms with van der Waals surface area (Å²) in [5, 5.41) is 6.57. The summed E-state index contributed by atoms with van der Waals surface area (Å²) in [4.78, 5) is 15.4. The fourth-order valence-corrected chi connectivity index (χ4v) is 4.37. The van der Waals surface area contributed by atoms with Gasteiger partial charge in [-0.3, -0.25) is 4.79 Å². The van der Waals surface area contributed by atoms with Crippen LogP contribution >= 0.6 is 0 Å². The molecule has 0 aliphatic carbocycles. The van der Waals surface area contributed by atoms with Gasteiger partial charge in [0.2, 0.25) is 5.91 Å². The van der Waals surface area contributed by atoms with Gasteiger partial charge in [-0.05, 0) is 35.4 Å². The molecular formula is C22H26N4O3S. The van der Waals surface area contributed by atoms with Gasteiger partial charge < -0.3 is 10.2 Å². The van der Waals surface area contributed by atoms with E-state index in [4.69, 9.17) is 0 Å². The molecule has 7 nitrogen and oxygen atoms in total. The van der Waals surface area contributed by atoms with Gasteiger partial charge in [-0.2, -0.15) is 13.5 Å². The zero-order chi connectivity index (χ0) is 21.9. The Kier molecular flexibility index (Phi) is 5.98. The quantitative estimate of drug-likeness (QED) is 0.549. The monoisotopic (exact) mass is 426 g/mol. The lowest BCUT2D eigenvalue weighted by Gasteiger charge is -2.23. The predicted molar refractivity (Wildman–Crippen MR) is 119 cm³/mol. The van der Waals surface area contributed by atoms with Crippen molar-refractivity contribution in [3.63, 3.8) is 0 Å². The van der Waals surface area contributed by atoms with Gasteiger partial charge in [-0.15, -0.1) is 0 Å². The van der Waals surface area contributed by atoms with Crippen LogP contribution in [0.2, 0.25) is 0 Å². The van der Waals surface area contributed by atoms with Gasteiger partial charge in [0.1, 0.15) is 0 Å². The number of rotatable bonds is 6. The molecule has 0 aromatic heterocycles. The molecule has 1 aliphatic rings. The van der Waals surface area contributed by atoms with Crippen molar-refractivity contribution in [2.75, 3.05) is 11.9 Å². The maximum atomic E-state index is 12.5. The highest BCUT2D eigenvalue weighted by Gasteiger charge is 2.37. The van der Waals surface area contributed by atoms with Crippen molar-refractivity contribution in [1.82, 2.24) is 10.1 Å². The Bertz CT molecular complexity index is 1100. The van der Waals surface area contributed by atoms with Gasteiger partial charge in [0.15, 0.2) is 0 Å². The lowest BCUT2D eigenvalue weighted by atomic mass is 9.84. The van der Waals surface area contributed by atoms with Crippen LogP contribution in [0, 0.1) is 0 Å². The van der Waals surface area contributed by atoms with Gasteiger partial charge >= 0.3 is 0 Å². The number of sulfonamides is 1. The lowest BCUT2D eigenvalue weighted by molar-refractivity contribution is -0.119. The van der Waals surface area contributed by atoms with E-state index in [0.717, 1.165) is 16.9 Å². The minimum absolute atomic E-state index is 0.101. The van der Waals surface area contributed by atoms with Crippen molar-refractivity contribution in [1.29, 1.82) is 0 Å². The molecule has 2 aromatic carbocycles. The molecule has 0 fully saturated rings. The number of hydrogen-bond donors (Lipinski definition) is 2. The summed E-state index contributed by atoms with van der Waals surface area (Å²) in [6.45, 7) is 6.03. The van der Waals surface area contributed by atoms with Gasteiger partial charge in [-0.25, -0.2) is 4.83 Å². The summed E-state index contributed by atoms with van der Waals surface area (Å²) in [6, 6.07) is 14.5. The Labute approximate surface area is 177 Å². The topological polar surface area (TPSA) is 90.9 Å². The first-order valence-electron chi connectivity index (χ1n) is 9.55. The maximum Gasteiger partial charge on any atom is 0.276 e. The number of anilines is 1. The van der Waals surface area contributed by atoms with Crippen molar-refractivity contribution in [2.24, 2.45) is 5.10 Å². The molecule has 8 heteroatoms. The molecule has 1 amide bonds. The summed E-state index contributed by atoms with van der Waals surface area (Å²) in [5.74, 6) is -0.143. The van der Waals surface area contributed by atoms with Gasteiger partial charge in [-0.1, -0.05) is 44.2 Å². The largest absolute Gasteiger partial charge is 0.352 e. The first-order chi connectivity index (χ1) is 14.1. The Balaban J connectivity index is 1.70. The highest BCUT2D eigenvalue weighted by atomic mass is 32.2. The number of carbonyl (C=O) groups excluding carboxylic acids is 1. The highest BCUT2D eigenvalue weighted by molar-refractivity contribution is 7.89. The fourth-order valence-electron chi connectivity index (χ4n) is 3.58. The summed E-state index contributed by atoms with van der Waals surface area (Å²) >= 11 is 0. The number of para-hydroxylation sites is 1. The van der Waals surface area contributed by atoms with E-state index in [2.05, 4.69) is 46.1 Å². The van der Waals surface area contributed by atoms with E-state index in [1.54, 1.807) is 12.1 Å². The molecule has 0 unspecified atom stereocenters. The Morgan fingerprint density at radius 1 is 1.13 bits per heavy atom. The number of allylic oxidation sites excluding steroid dienone is 2. The minimum atomic E-state index is -3.78. The Morgan fingerprint density at radius 3 is 2.43 bits per heavy atom. The number of nitrogens with zero attached hydrogens (tertiary/aromatic N) is 2. The van der Waals surface area contributed by atoms with Crippen molar-refractivity contribution in [2.45, 2.75) is 37.6 Å². The second-order valence-electron chi connectivity index (χ2n) is 7.68. The number of benzene rings is 2. The average Bonchev–Trinajstić information content (AvgIpc) is 2.90. The zero-order valence-corrected chi connectivity index (χ0v) is 18.3. The number of amides is 1. The third kappa shape index (κ3) is 4.38. The SMILES string of the molecule is CC(=O)NCc1ccc(S(=O)(=O)N/N=C\C=C2\N(C)c3ccccc3C2(C)C)cc1. The number of likely N-dealkylation sites (N-methyl/N-ethyl adjacent to an activating group) is 1. The number of fused-ring (bicyclic) bond motifs is 1. The van der Waals surface area contributed by atoms with E-state index in [1.807, 2.05) is 25.3 Å². The van der Waals surface area contributed by atoms with E-state index >= 15 is 0 Å². The molecule has 0 bridgehead atoms. The van der Waals surface area contributed by atoms with Crippen molar-refractivity contribution in [3.05, 3.63) is 71.4 Å². The highest BCUT2D eigenvalue weighted by Crippen LogP contribution is 2.46. The van der Waals surface area contributed by atoms with Gasteiger partial charge in [0.25, 0.3) is 10.0 Å². The third-order valence-corrected chi connectivity index (χ3v) is 6.43. The van der Waals surface area contributed by atoms with Gasteiger partial charge in [0, 0.05) is 43.5 Å². The van der Waals surface area contributed by atoms with E-state index in [1.165, 1.54) is 30.8 Å². The van der Waals surface area contributed by atoms with Crippen LogP contribution in [0.1, 0.15) is 31.9 Å². The number of hydrazone groups is 1. The zero-order valence-electron chi connectivity index (χ0n) is 17.5. The van der Waals surface area contributed by atoms with Crippen molar-refractivity contribution in [3.8, 4) is 0 Å². The van der Waals surface area contributed by atoms with Crippen LogP contribution in [0.25, 0.3) is 0 Å². The third-order valence-electron chi connectivity index (χ3n) is 5.20. The van der Waals surface area contributed by atoms with Crippen LogP contribution < -0.4 is 15.0 Å². The second-order valence-corrected chi connectivity index (χ2v) is 9.34. The Hall–Kier alpha value is -3.13. The lowest BCUT2D eigenvalue weighted by Crippen LogP contribution is -2.23. The van der Waals surface area contributed by atoms with Crippen molar-refractivity contribution >= 4 is 27.8 Å². The predicted octanol–water partition coefficient (Wildman–Crippen LogP) is 2.90. The molecule has 3 rings (SSSR count). The molecular weight excluding hydrogens is 400 g/mol. The number of carbonyl (C=O) groups is 1. The fraction of sp³-hybridized carbons (Fsp3) is 0.273. The number of nitrogens with one attached hydrogen (secondary N) is 2. The first-order valence-corrected chi connectivity index (χ1v) is 11.0. The van der Waals surface area contributed by atoms with E-state index in [-0.39, 0.29) is 16.2 Å². The molecule has 0 saturated carbocycles. The molecule has 0 spiro atoms. The molecule has 0 atom stereocenters.